The normalized spacial score (nSPS) is 12.9. The highest BCUT2D eigenvalue weighted by Gasteiger charge is 2.06. The second kappa shape index (κ2) is 5.14. The van der Waals surface area contributed by atoms with E-state index >= 15 is 0 Å². The fourth-order valence-electron chi connectivity index (χ4n) is 1.65. The number of nitrogens with one attached hydrogen (secondary N) is 2. The molecule has 0 saturated carbocycles. The molecule has 1 unspecified atom stereocenters. The van der Waals surface area contributed by atoms with Crippen LogP contribution in [0.2, 0.25) is 0 Å². The van der Waals surface area contributed by atoms with Gasteiger partial charge in [-0.25, -0.2) is 9.37 Å². The van der Waals surface area contributed by atoms with Gasteiger partial charge in [0.15, 0.2) is 0 Å². The van der Waals surface area contributed by atoms with Crippen LogP contribution < -0.4 is 5.32 Å². The topological polar surface area (TPSA) is 49.9 Å². The second-order valence-corrected chi connectivity index (χ2v) is 4.07. The van der Waals surface area contributed by atoms with E-state index in [0.717, 1.165) is 11.9 Å². The Kier molecular flexibility index (Phi) is 3.58. The van der Waals surface area contributed by atoms with Crippen molar-refractivity contribution >= 4 is 17.0 Å². The molecule has 1 heterocycles. The molecule has 0 saturated heterocycles. The van der Waals surface area contributed by atoms with E-state index < -0.39 is 0 Å². The quantitative estimate of drug-likeness (QED) is 0.840. The summed E-state index contributed by atoms with van der Waals surface area (Å²) in [5.41, 5.74) is 1.46. The van der Waals surface area contributed by atoms with E-state index in [1.807, 2.05) is 6.92 Å². The molecule has 17 heavy (non-hydrogen) atoms. The summed E-state index contributed by atoms with van der Waals surface area (Å²) in [5, 5.41) is 3.22. The third kappa shape index (κ3) is 2.94. The van der Waals surface area contributed by atoms with Gasteiger partial charge in [-0.15, -0.1) is 0 Å². The van der Waals surface area contributed by atoms with Gasteiger partial charge in [-0.3, -0.25) is 0 Å². The Bertz CT molecular complexity index is 497. The first-order valence-electron chi connectivity index (χ1n) is 5.60. The second-order valence-electron chi connectivity index (χ2n) is 4.07. The first-order valence-corrected chi connectivity index (χ1v) is 5.60. The number of fused-ring (bicyclic) bond motifs is 1. The maximum Gasteiger partial charge on any atom is 0.201 e. The number of hydrogen-bond acceptors (Lipinski definition) is 3. The summed E-state index contributed by atoms with van der Waals surface area (Å²) in [4.78, 5) is 7.37. The zero-order chi connectivity index (χ0) is 12.3. The van der Waals surface area contributed by atoms with Crippen LogP contribution in [0.1, 0.15) is 13.3 Å². The fraction of sp³-hybridized carbons (Fsp3) is 0.417. The lowest BCUT2D eigenvalue weighted by Gasteiger charge is -2.11. The van der Waals surface area contributed by atoms with Crippen LogP contribution in [-0.2, 0) is 4.74 Å². The highest BCUT2D eigenvalue weighted by molar-refractivity contribution is 5.77. The van der Waals surface area contributed by atoms with E-state index in [2.05, 4.69) is 15.3 Å². The Hall–Kier alpha value is -1.62. The Balaban J connectivity index is 2.08. The number of ether oxygens (including phenoxy) is 1. The lowest BCUT2D eigenvalue weighted by Crippen LogP contribution is -2.17. The van der Waals surface area contributed by atoms with Crippen LogP contribution in [0.5, 0.6) is 0 Å². The van der Waals surface area contributed by atoms with E-state index in [1.165, 1.54) is 12.1 Å². The third-order valence-electron chi connectivity index (χ3n) is 2.58. The number of rotatable bonds is 5. The van der Waals surface area contributed by atoms with E-state index in [1.54, 1.807) is 13.2 Å². The SMILES string of the molecule is COCCC(C)Nc1nc2ccc(F)cc2[nH]1. The maximum absolute atomic E-state index is 13.0. The predicted molar refractivity (Wildman–Crippen MR) is 65.6 cm³/mol. The van der Waals surface area contributed by atoms with Gasteiger partial charge in [-0.1, -0.05) is 0 Å². The van der Waals surface area contributed by atoms with Crippen molar-refractivity contribution in [1.82, 2.24) is 9.97 Å². The van der Waals surface area contributed by atoms with Crippen molar-refractivity contribution in [2.24, 2.45) is 0 Å². The molecule has 2 rings (SSSR count). The zero-order valence-electron chi connectivity index (χ0n) is 9.96. The largest absolute Gasteiger partial charge is 0.385 e. The van der Waals surface area contributed by atoms with Gasteiger partial charge >= 0.3 is 0 Å². The van der Waals surface area contributed by atoms with Crippen molar-refractivity contribution in [2.45, 2.75) is 19.4 Å². The van der Waals surface area contributed by atoms with Crippen LogP contribution >= 0.6 is 0 Å². The number of H-pyrrole nitrogens is 1. The number of benzene rings is 1. The van der Waals surface area contributed by atoms with Gasteiger partial charge in [0.25, 0.3) is 0 Å². The van der Waals surface area contributed by atoms with Crippen molar-refractivity contribution < 1.29 is 9.13 Å². The maximum atomic E-state index is 13.0. The van der Waals surface area contributed by atoms with Crippen LogP contribution in [0.3, 0.4) is 0 Å². The molecule has 0 spiro atoms. The van der Waals surface area contributed by atoms with Crippen LogP contribution in [0, 0.1) is 5.82 Å². The highest BCUT2D eigenvalue weighted by atomic mass is 19.1. The summed E-state index contributed by atoms with van der Waals surface area (Å²) in [7, 11) is 1.68. The van der Waals surface area contributed by atoms with Crippen LogP contribution in [0.15, 0.2) is 18.2 Å². The van der Waals surface area contributed by atoms with Gasteiger partial charge in [0, 0.05) is 19.8 Å². The molecule has 0 aliphatic carbocycles. The number of imidazole rings is 1. The summed E-state index contributed by atoms with van der Waals surface area (Å²) in [6, 6.07) is 4.75. The molecule has 4 nitrogen and oxygen atoms in total. The molecule has 0 fully saturated rings. The van der Waals surface area contributed by atoms with Gasteiger partial charge in [0.1, 0.15) is 5.82 Å². The molecule has 2 N–H and O–H groups in total. The molecule has 1 aromatic carbocycles. The fourth-order valence-corrected chi connectivity index (χ4v) is 1.65. The van der Waals surface area contributed by atoms with Crippen LogP contribution in [0.4, 0.5) is 10.3 Å². The Labute approximate surface area is 99.2 Å². The molecule has 0 amide bonds. The molecule has 92 valence electrons. The number of aromatic amines is 1. The zero-order valence-corrected chi connectivity index (χ0v) is 9.96. The molecule has 1 atom stereocenters. The van der Waals surface area contributed by atoms with Gasteiger partial charge < -0.3 is 15.0 Å². The number of halogens is 1. The molecular formula is C12H16FN3O. The minimum atomic E-state index is -0.264. The third-order valence-corrected chi connectivity index (χ3v) is 2.58. The molecule has 5 heteroatoms. The van der Waals surface area contributed by atoms with Crippen molar-refractivity contribution in [3.8, 4) is 0 Å². The molecule has 2 aromatic rings. The lowest BCUT2D eigenvalue weighted by molar-refractivity contribution is 0.191. The number of aromatic nitrogens is 2. The summed E-state index contributed by atoms with van der Waals surface area (Å²) in [6.45, 7) is 2.75. The Morgan fingerprint density at radius 1 is 1.53 bits per heavy atom. The summed E-state index contributed by atoms with van der Waals surface area (Å²) >= 11 is 0. The van der Waals surface area contributed by atoms with Gasteiger partial charge in [-0.05, 0) is 31.5 Å². The Morgan fingerprint density at radius 3 is 3.12 bits per heavy atom. The molecule has 0 radical (unpaired) electrons. The number of hydrogen-bond donors (Lipinski definition) is 2. The average Bonchev–Trinajstić information content (AvgIpc) is 2.67. The first kappa shape index (κ1) is 11.9. The molecule has 1 aromatic heterocycles. The summed E-state index contributed by atoms with van der Waals surface area (Å²) in [6.07, 6.45) is 0.891. The van der Waals surface area contributed by atoms with E-state index in [9.17, 15) is 4.39 Å². The summed E-state index contributed by atoms with van der Waals surface area (Å²) in [5.74, 6) is 0.398. The standard InChI is InChI=1S/C12H16FN3O/c1-8(5-6-17-2)14-12-15-10-4-3-9(13)7-11(10)16-12/h3-4,7-8H,5-6H2,1-2H3,(H2,14,15,16). The van der Waals surface area contributed by atoms with E-state index in [-0.39, 0.29) is 11.9 Å². The lowest BCUT2D eigenvalue weighted by atomic mass is 10.2. The van der Waals surface area contributed by atoms with Crippen LogP contribution in [-0.4, -0.2) is 29.7 Å². The van der Waals surface area contributed by atoms with Crippen LogP contribution in [0.25, 0.3) is 11.0 Å². The minimum Gasteiger partial charge on any atom is -0.385 e. The van der Waals surface area contributed by atoms with Crippen molar-refractivity contribution in [1.29, 1.82) is 0 Å². The smallest absolute Gasteiger partial charge is 0.201 e. The van der Waals surface area contributed by atoms with Crippen molar-refractivity contribution in [3.63, 3.8) is 0 Å². The number of anilines is 1. The highest BCUT2D eigenvalue weighted by Crippen LogP contribution is 2.16. The number of methoxy groups -OCH3 is 1. The monoisotopic (exact) mass is 237 g/mol. The van der Waals surface area contributed by atoms with Crippen molar-refractivity contribution in [2.75, 3.05) is 19.0 Å². The van der Waals surface area contributed by atoms with Gasteiger partial charge in [-0.2, -0.15) is 0 Å². The van der Waals surface area contributed by atoms with Crippen molar-refractivity contribution in [3.05, 3.63) is 24.0 Å². The average molecular weight is 237 g/mol. The van der Waals surface area contributed by atoms with Gasteiger partial charge in [0.2, 0.25) is 5.95 Å². The molecular weight excluding hydrogens is 221 g/mol. The first-order chi connectivity index (χ1) is 8.19. The predicted octanol–water partition coefficient (Wildman–Crippen LogP) is 2.54. The minimum absolute atomic E-state index is 0.250. The Morgan fingerprint density at radius 2 is 2.35 bits per heavy atom. The number of nitrogens with zero attached hydrogens (tertiary/aromatic N) is 1. The van der Waals surface area contributed by atoms with Gasteiger partial charge in [0.05, 0.1) is 11.0 Å². The van der Waals surface area contributed by atoms with E-state index in [0.29, 0.717) is 18.1 Å². The van der Waals surface area contributed by atoms with E-state index in [4.69, 9.17) is 4.74 Å². The molecule has 0 bridgehead atoms. The summed E-state index contributed by atoms with van der Waals surface area (Å²) < 4.78 is 18.0. The molecule has 0 aliphatic heterocycles. The molecule has 0 aliphatic rings.